The molecule has 8 heterocycles. The minimum absolute atomic E-state index is 0.0298. The van der Waals surface area contributed by atoms with Crippen LogP contribution in [0.1, 0.15) is 314 Å². The van der Waals surface area contributed by atoms with Crippen molar-refractivity contribution >= 4 is 43.8 Å². The summed E-state index contributed by atoms with van der Waals surface area (Å²) in [4.78, 5) is 0. The Morgan fingerprint density at radius 2 is 0.539 bits per heavy atom. The molecular formula is C72H72O4. The molecule has 0 radical (unpaired) electrons. The smallest absolute Gasteiger partial charge is 0.110 e. The van der Waals surface area contributed by atoms with Gasteiger partial charge < -0.3 is 18.9 Å². The first kappa shape index (κ1) is 44.1. The van der Waals surface area contributed by atoms with Crippen LogP contribution in [0.3, 0.4) is 0 Å². The van der Waals surface area contributed by atoms with E-state index in [9.17, 15) is 0 Å². The van der Waals surface area contributed by atoms with E-state index in [2.05, 4.69) is 76.2 Å². The quantitative estimate of drug-likeness (QED) is 0.0714. The van der Waals surface area contributed by atoms with Gasteiger partial charge in [0.15, 0.2) is 0 Å². The van der Waals surface area contributed by atoms with E-state index in [-0.39, 0.29) is 48.8 Å². The Balaban J connectivity index is 0.890. The second-order valence-corrected chi connectivity index (χ2v) is 26.3. The van der Waals surface area contributed by atoms with E-state index in [1.54, 1.807) is 111 Å². The van der Waals surface area contributed by atoms with E-state index in [1.165, 1.54) is 147 Å². The van der Waals surface area contributed by atoms with Gasteiger partial charge in [0.1, 0.15) is 24.4 Å². The lowest BCUT2D eigenvalue weighted by Gasteiger charge is -2.34. The first-order chi connectivity index (χ1) is 37.7. The molecule has 4 heteroatoms. The van der Waals surface area contributed by atoms with Gasteiger partial charge in [0, 0.05) is 23.7 Å². The summed E-state index contributed by atoms with van der Waals surface area (Å²) < 4.78 is 30.8. The van der Waals surface area contributed by atoms with Gasteiger partial charge in [0.2, 0.25) is 0 Å². The van der Waals surface area contributed by atoms with Gasteiger partial charge in [-0.25, -0.2) is 0 Å². The Morgan fingerprint density at radius 1 is 0.276 bits per heavy atom. The molecule has 12 aliphatic rings. The molecule has 8 aliphatic heterocycles. The van der Waals surface area contributed by atoms with Gasteiger partial charge >= 0.3 is 0 Å². The molecule has 2 unspecified atom stereocenters. The predicted molar refractivity (Wildman–Crippen MR) is 303 cm³/mol. The Kier molecular flexibility index (Phi) is 8.98. The van der Waals surface area contributed by atoms with Gasteiger partial charge in [0.25, 0.3) is 0 Å². The summed E-state index contributed by atoms with van der Waals surface area (Å²) in [6, 6.07) is 20.8. The fourth-order valence-corrected chi connectivity index (χ4v) is 20.4. The van der Waals surface area contributed by atoms with Gasteiger partial charge in [-0.1, -0.05) is 153 Å². The van der Waals surface area contributed by atoms with Crippen LogP contribution < -0.4 is 0 Å². The molecule has 0 spiro atoms. The van der Waals surface area contributed by atoms with Gasteiger partial charge in [-0.15, -0.1) is 0 Å². The molecule has 8 bridgehead atoms. The SMILES string of the molecule is CCCCCCc1c2c3c(CCCCCC)c4c1[C@H]1O[C@@H]4C4=C1c1ccc5c6c(ccc4c16)[C@H]1C5[C@@H]4O[C@H]1c1c(CCCCCC)c5c(c(CCCCCC)c14)[C@H]1O[C@@H]5C4=C1c1ccc5c6c(ccc4c16)[C@H]1C5[C@@H]2O[C@@H]31. The summed E-state index contributed by atoms with van der Waals surface area (Å²) >= 11 is 0. The van der Waals surface area contributed by atoms with E-state index >= 15 is 0 Å². The molecule has 0 saturated carbocycles. The molecule has 0 amide bonds. The van der Waals surface area contributed by atoms with Crippen LogP contribution in [0.15, 0.2) is 48.5 Å². The minimum atomic E-state index is -0.0298. The Labute approximate surface area is 449 Å². The summed E-state index contributed by atoms with van der Waals surface area (Å²) in [6.45, 7) is 9.44. The fourth-order valence-electron chi connectivity index (χ4n) is 20.4. The molecule has 4 nitrogen and oxygen atoms in total. The van der Waals surface area contributed by atoms with Crippen LogP contribution >= 0.6 is 0 Å². The molecule has 76 heavy (non-hydrogen) atoms. The number of hydrogen-bond acceptors (Lipinski definition) is 4. The van der Waals surface area contributed by atoms with Crippen LogP contribution in [-0.4, -0.2) is 0 Å². The minimum Gasteiger partial charge on any atom is -0.364 e. The van der Waals surface area contributed by atoms with Crippen molar-refractivity contribution < 1.29 is 18.9 Å². The largest absolute Gasteiger partial charge is 0.364 e. The van der Waals surface area contributed by atoms with Crippen LogP contribution in [0.4, 0.5) is 0 Å². The van der Waals surface area contributed by atoms with E-state index in [4.69, 9.17) is 18.9 Å². The number of rotatable bonds is 20. The number of fused-ring (bicyclic) bond motifs is 38. The number of hydrogen-bond donors (Lipinski definition) is 0. The summed E-state index contributed by atoms with van der Waals surface area (Å²) in [5, 5.41) is 6.24. The summed E-state index contributed by atoms with van der Waals surface area (Å²) in [6.07, 6.45) is 24.8. The van der Waals surface area contributed by atoms with Gasteiger partial charge in [-0.3, -0.25) is 0 Å². The highest BCUT2D eigenvalue weighted by molar-refractivity contribution is 6.21. The van der Waals surface area contributed by atoms with Crippen molar-refractivity contribution in [1.82, 2.24) is 0 Å². The zero-order valence-electron chi connectivity index (χ0n) is 45.3. The van der Waals surface area contributed by atoms with Crippen molar-refractivity contribution in [3.63, 3.8) is 0 Å². The average Bonchev–Trinajstić information content (AvgIpc) is 4.43. The maximum absolute atomic E-state index is 7.74. The Bertz CT molecular complexity index is 3300. The number of ether oxygens (including phenoxy) is 4. The van der Waals surface area contributed by atoms with Crippen molar-refractivity contribution in [3.8, 4) is 0 Å². The standard InChI is InChI=1S/C72H72O4/c1-5-9-13-17-21-33-49-51-34(22-18-14-10-6-2)52-50(33)66-58-38-26-28-42-48-44(32-30-40(46(38)48)60(58)68(52)74-66)64-62(42)70-54-35(23-19-15-11-7-3)53-55(36(24-20-16-12-8-4)56(54)72(64)76-70)71-63-43-31-29-39-45-37(57-59(39)67(51)73-65(49)57)25-27-41(47(43)45)61(63)69(53)75-71/h25-32,57,59,62,64-72H,5-24H2,1-4H3/t57-,59?,62-,64?,65-,66-,67+,68+,69-,70-,71+,72+/m0/s1. The van der Waals surface area contributed by atoms with Crippen LogP contribution in [0, 0.1) is 0 Å². The monoisotopic (exact) mass is 1000 g/mol. The average molecular weight is 1000 g/mol. The van der Waals surface area contributed by atoms with Gasteiger partial charge in [-0.05, 0) is 206 Å². The number of unbranched alkanes of at least 4 members (excludes halogenated alkanes) is 12. The van der Waals surface area contributed by atoms with Crippen molar-refractivity contribution in [2.24, 2.45) is 0 Å². The van der Waals surface area contributed by atoms with Gasteiger partial charge in [0.05, 0.1) is 24.4 Å². The predicted octanol–water partition coefficient (Wildman–Crippen LogP) is 18.9. The highest BCUT2D eigenvalue weighted by atomic mass is 16.5. The lowest BCUT2D eigenvalue weighted by atomic mass is 9.66. The zero-order chi connectivity index (χ0) is 49.7. The molecule has 0 N–H and O–H groups in total. The third-order valence-corrected chi connectivity index (χ3v) is 23.0. The van der Waals surface area contributed by atoms with E-state index < -0.39 is 0 Å². The van der Waals surface area contributed by atoms with Crippen LogP contribution in [0.25, 0.3) is 43.8 Å². The normalized spacial score (nSPS) is 30.1. The lowest BCUT2D eigenvalue weighted by Crippen LogP contribution is -2.22. The first-order valence-electron chi connectivity index (χ1n) is 31.4. The van der Waals surface area contributed by atoms with Crippen molar-refractivity contribution in [2.75, 3.05) is 0 Å². The molecule has 2 fully saturated rings. The second-order valence-electron chi connectivity index (χ2n) is 26.3. The molecule has 384 valence electrons. The lowest BCUT2D eigenvalue weighted by molar-refractivity contribution is 0.0624. The Morgan fingerprint density at radius 3 is 0.789 bits per heavy atom. The maximum Gasteiger partial charge on any atom is 0.110 e. The molecule has 18 rings (SSSR count). The molecule has 0 aromatic heterocycles. The maximum atomic E-state index is 7.74. The molecular weight excluding hydrogens is 929 g/mol. The highest BCUT2D eigenvalue weighted by Crippen LogP contribution is 2.78. The summed E-state index contributed by atoms with van der Waals surface area (Å²) in [5.41, 5.74) is 37.3. The molecule has 2 saturated heterocycles. The van der Waals surface area contributed by atoms with Crippen molar-refractivity contribution in [2.45, 2.75) is 229 Å². The molecule has 6 aromatic rings. The van der Waals surface area contributed by atoms with E-state index in [0.29, 0.717) is 23.7 Å². The van der Waals surface area contributed by atoms with E-state index in [1.807, 2.05) is 0 Å². The molecule has 12 atom stereocenters. The fraction of sp³-hybridized carbons (Fsp3) is 0.500. The summed E-state index contributed by atoms with van der Waals surface area (Å²) in [5.74, 6) is 1.31. The Hall–Kier alpha value is -4.84. The van der Waals surface area contributed by atoms with Crippen molar-refractivity contribution in [1.29, 1.82) is 0 Å². The zero-order valence-corrected chi connectivity index (χ0v) is 45.3. The number of benzene rings is 6. The third-order valence-electron chi connectivity index (χ3n) is 23.0. The van der Waals surface area contributed by atoms with Crippen LogP contribution in [0.2, 0.25) is 0 Å². The van der Waals surface area contributed by atoms with Gasteiger partial charge in [-0.2, -0.15) is 0 Å². The second kappa shape index (κ2) is 15.5. The topological polar surface area (TPSA) is 36.9 Å². The van der Waals surface area contributed by atoms with Crippen molar-refractivity contribution in [3.05, 3.63) is 160 Å². The van der Waals surface area contributed by atoms with E-state index in [0.717, 1.165) is 25.7 Å². The van der Waals surface area contributed by atoms with Crippen LogP contribution in [0.5, 0.6) is 0 Å². The third kappa shape index (κ3) is 4.94. The molecule has 6 aromatic carbocycles. The summed E-state index contributed by atoms with van der Waals surface area (Å²) in [7, 11) is 0. The first-order valence-corrected chi connectivity index (χ1v) is 31.4. The molecule has 4 aliphatic carbocycles. The van der Waals surface area contributed by atoms with Crippen LogP contribution in [-0.2, 0) is 44.6 Å². The highest BCUT2D eigenvalue weighted by Gasteiger charge is 2.65.